The van der Waals surface area contributed by atoms with Gasteiger partial charge in [0.25, 0.3) is 5.91 Å². The number of carbonyl (C=O) groups is 1. The lowest BCUT2D eigenvalue weighted by Gasteiger charge is -2.34. The third-order valence-corrected chi connectivity index (χ3v) is 6.86. The second-order valence-corrected chi connectivity index (χ2v) is 8.85. The van der Waals surface area contributed by atoms with Crippen molar-refractivity contribution in [3.05, 3.63) is 76.2 Å². The van der Waals surface area contributed by atoms with Gasteiger partial charge >= 0.3 is 0 Å². The third kappa shape index (κ3) is 4.16. The average molecular weight is 479 g/mol. The molecule has 1 aliphatic heterocycles. The molecule has 176 valence electrons. The van der Waals surface area contributed by atoms with E-state index in [4.69, 9.17) is 18.6 Å². The Morgan fingerprint density at radius 1 is 1.03 bits per heavy atom. The van der Waals surface area contributed by atoms with Gasteiger partial charge in [-0.15, -0.1) is 11.3 Å². The molecule has 0 radical (unpaired) electrons. The molecule has 5 rings (SSSR count). The zero-order valence-electron chi connectivity index (χ0n) is 19.1. The fourth-order valence-electron chi connectivity index (χ4n) is 4.44. The number of methoxy groups -OCH3 is 2. The lowest BCUT2D eigenvalue weighted by molar-refractivity contribution is 0.0201. The van der Waals surface area contributed by atoms with Crippen molar-refractivity contribution in [2.24, 2.45) is 0 Å². The molecule has 7 nitrogen and oxygen atoms in total. The molecule has 1 N–H and O–H groups in total. The number of thiophene rings is 1. The molecule has 1 fully saturated rings. The Labute approximate surface area is 201 Å². The van der Waals surface area contributed by atoms with Crippen molar-refractivity contribution in [1.82, 2.24) is 4.90 Å². The lowest BCUT2D eigenvalue weighted by Crippen LogP contribution is -2.39. The van der Waals surface area contributed by atoms with E-state index >= 15 is 0 Å². The second-order valence-electron chi connectivity index (χ2n) is 7.90. The standard InChI is InChI=1S/C26H26N2O5S/c1-30-20-10-5-8-18(24(20)31-2)23(28-12-14-32-15-13-28)25-22(17-7-3-4-9-19(17)33-25)27-26(29)21-11-6-16-34-21/h3-11,16,23H,12-15H2,1-2H3,(H,27,29)/t23-/m0/s1. The Morgan fingerprint density at radius 2 is 1.85 bits per heavy atom. The number of rotatable bonds is 7. The SMILES string of the molecule is COc1cccc([C@@H](c2oc3ccccc3c2NC(=O)c2cccs2)N2CCOCC2)c1OC. The smallest absolute Gasteiger partial charge is 0.265 e. The number of carbonyl (C=O) groups excluding carboxylic acids is 1. The van der Waals surface area contributed by atoms with Crippen molar-refractivity contribution >= 4 is 33.9 Å². The highest BCUT2D eigenvalue weighted by Gasteiger charge is 2.34. The number of para-hydroxylation sites is 2. The summed E-state index contributed by atoms with van der Waals surface area (Å²) in [5.74, 6) is 1.76. The molecule has 2 aromatic carbocycles. The number of nitrogens with one attached hydrogen (secondary N) is 1. The molecule has 0 bridgehead atoms. The number of ether oxygens (including phenoxy) is 3. The molecule has 8 heteroatoms. The predicted molar refractivity (Wildman–Crippen MR) is 132 cm³/mol. The third-order valence-electron chi connectivity index (χ3n) is 5.99. The van der Waals surface area contributed by atoms with Gasteiger partial charge < -0.3 is 23.9 Å². The van der Waals surface area contributed by atoms with E-state index in [-0.39, 0.29) is 11.9 Å². The van der Waals surface area contributed by atoms with E-state index in [0.29, 0.717) is 59.7 Å². The molecule has 3 heterocycles. The summed E-state index contributed by atoms with van der Waals surface area (Å²) in [5, 5.41) is 5.88. The van der Waals surface area contributed by atoms with Gasteiger partial charge in [0.1, 0.15) is 5.58 Å². The molecule has 1 atom stereocenters. The maximum atomic E-state index is 13.1. The summed E-state index contributed by atoms with van der Waals surface area (Å²) in [7, 11) is 3.26. The van der Waals surface area contributed by atoms with Gasteiger partial charge in [-0.25, -0.2) is 0 Å². The van der Waals surface area contributed by atoms with Crippen molar-refractivity contribution < 1.29 is 23.4 Å². The Bertz CT molecular complexity index is 1280. The Balaban J connectivity index is 1.70. The number of morpholine rings is 1. The molecular weight excluding hydrogens is 452 g/mol. The van der Waals surface area contributed by atoms with E-state index in [9.17, 15) is 4.79 Å². The lowest BCUT2D eigenvalue weighted by atomic mass is 9.98. The number of furan rings is 1. The first kappa shape index (κ1) is 22.5. The molecule has 1 aliphatic rings. The van der Waals surface area contributed by atoms with Crippen molar-refractivity contribution in [2.45, 2.75) is 6.04 Å². The van der Waals surface area contributed by atoms with E-state index in [0.717, 1.165) is 10.9 Å². The largest absolute Gasteiger partial charge is 0.493 e. The number of amides is 1. The van der Waals surface area contributed by atoms with Crippen LogP contribution < -0.4 is 14.8 Å². The molecule has 1 saturated heterocycles. The minimum atomic E-state index is -0.319. The first-order valence-corrected chi connectivity index (χ1v) is 12.0. The van der Waals surface area contributed by atoms with E-state index < -0.39 is 0 Å². The topological polar surface area (TPSA) is 73.2 Å². The minimum absolute atomic E-state index is 0.166. The fourth-order valence-corrected chi connectivity index (χ4v) is 5.05. The summed E-state index contributed by atoms with van der Waals surface area (Å²) in [6.45, 7) is 2.64. The summed E-state index contributed by atoms with van der Waals surface area (Å²) < 4.78 is 23.5. The van der Waals surface area contributed by atoms with Crippen molar-refractivity contribution in [3.63, 3.8) is 0 Å². The number of nitrogens with zero attached hydrogens (tertiary/aromatic N) is 1. The fraction of sp³-hybridized carbons (Fsp3) is 0.269. The van der Waals surface area contributed by atoms with Crippen LogP contribution in [0, 0.1) is 0 Å². The van der Waals surface area contributed by atoms with E-state index in [2.05, 4.69) is 10.2 Å². The molecule has 0 unspecified atom stereocenters. The first-order valence-electron chi connectivity index (χ1n) is 11.1. The Hall–Kier alpha value is -3.33. The molecule has 0 saturated carbocycles. The zero-order chi connectivity index (χ0) is 23.5. The van der Waals surface area contributed by atoms with Crippen molar-refractivity contribution in [2.75, 3.05) is 45.8 Å². The summed E-state index contributed by atoms with van der Waals surface area (Å²) in [4.78, 5) is 16.0. The number of anilines is 1. The number of fused-ring (bicyclic) bond motifs is 1. The summed E-state index contributed by atoms with van der Waals surface area (Å²) in [5.41, 5.74) is 2.27. The highest BCUT2D eigenvalue weighted by molar-refractivity contribution is 7.12. The van der Waals surface area contributed by atoms with Crippen LogP contribution in [0.5, 0.6) is 11.5 Å². The summed E-state index contributed by atoms with van der Waals surface area (Å²) >= 11 is 1.40. The molecule has 34 heavy (non-hydrogen) atoms. The van der Waals surface area contributed by atoms with Crippen LogP contribution in [0.1, 0.15) is 27.0 Å². The van der Waals surface area contributed by atoms with Gasteiger partial charge in [-0.3, -0.25) is 9.69 Å². The van der Waals surface area contributed by atoms with Crippen LogP contribution in [-0.2, 0) is 4.74 Å². The number of benzene rings is 2. The summed E-state index contributed by atoms with van der Waals surface area (Å²) in [6.07, 6.45) is 0. The predicted octanol–water partition coefficient (Wildman–Crippen LogP) is 5.19. The van der Waals surface area contributed by atoms with Gasteiger partial charge in [-0.1, -0.05) is 30.3 Å². The van der Waals surface area contributed by atoms with Gasteiger partial charge in [0.05, 0.1) is 44.0 Å². The highest BCUT2D eigenvalue weighted by atomic mass is 32.1. The van der Waals surface area contributed by atoms with Gasteiger partial charge in [-0.2, -0.15) is 0 Å². The van der Waals surface area contributed by atoms with Crippen LogP contribution in [0.2, 0.25) is 0 Å². The van der Waals surface area contributed by atoms with Crippen molar-refractivity contribution in [1.29, 1.82) is 0 Å². The molecule has 4 aromatic rings. The molecule has 0 spiro atoms. The summed E-state index contributed by atoms with van der Waals surface area (Å²) in [6, 6.07) is 16.9. The van der Waals surface area contributed by atoms with Gasteiger partial charge in [0.15, 0.2) is 17.3 Å². The number of hydrogen-bond donors (Lipinski definition) is 1. The maximum absolute atomic E-state index is 13.1. The van der Waals surface area contributed by atoms with E-state index in [1.165, 1.54) is 11.3 Å². The van der Waals surface area contributed by atoms with Crippen LogP contribution >= 0.6 is 11.3 Å². The normalized spacial score (nSPS) is 15.2. The Morgan fingerprint density at radius 3 is 2.59 bits per heavy atom. The molecular formula is C26H26N2O5S. The van der Waals surface area contributed by atoms with Crippen LogP contribution in [0.25, 0.3) is 11.0 Å². The average Bonchev–Trinajstić information content (AvgIpc) is 3.54. The van der Waals surface area contributed by atoms with Crippen molar-refractivity contribution in [3.8, 4) is 11.5 Å². The highest BCUT2D eigenvalue weighted by Crippen LogP contribution is 2.45. The number of hydrogen-bond acceptors (Lipinski definition) is 7. The first-order chi connectivity index (χ1) is 16.7. The van der Waals surface area contributed by atoms with E-state index in [1.807, 2.05) is 60.0 Å². The second kappa shape index (κ2) is 9.89. The minimum Gasteiger partial charge on any atom is -0.493 e. The van der Waals surface area contributed by atoms with Gasteiger partial charge in [0, 0.05) is 24.0 Å². The monoisotopic (exact) mass is 478 g/mol. The molecule has 2 aromatic heterocycles. The van der Waals surface area contributed by atoms with E-state index in [1.54, 1.807) is 14.2 Å². The molecule has 0 aliphatic carbocycles. The van der Waals surface area contributed by atoms with Gasteiger partial charge in [0.2, 0.25) is 0 Å². The van der Waals surface area contributed by atoms with Crippen LogP contribution in [0.4, 0.5) is 5.69 Å². The zero-order valence-corrected chi connectivity index (χ0v) is 19.9. The van der Waals surface area contributed by atoms with Crippen LogP contribution in [-0.4, -0.2) is 51.3 Å². The quantitative estimate of drug-likeness (QED) is 0.394. The van der Waals surface area contributed by atoms with Crippen LogP contribution in [0.3, 0.4) is 0 Å². The molecule has 1 amide bonds. The van der Waals surface area contributed by atoms with Crippen LogP contribution in [0.15, 0.2) is 64.4 Å². The Kier molecular flexibility index (Phi) is 6.53. The maximum Gasteiger partial charge on any atom is 0.265 e. The van der Waals surface area contributed by atoms with Gasteiger partial charge in [-0.05, 0) is 29.6 Å².